The predicted octanol–water partition coefficient (Wildman–Crippen LogP) is 7.74. The fraction of sp³-hybridized carbons (Fsp3) is 0.769. The Morgan fingerprint density at radius 1 is 0.667 bits per heavy atom. The van der Waals surface area contributed by atoms with E-state index >= 15 is 0 Å². The van der Waals surface area contributed by atoms with Gasteiger partial charge < -0.3 is 0 Å². The molecule has 4 heteroatoms. The molecule has 0 atom stereocenters. The van der Waals surface area contributed by atoms with Crippen LogP contribution in [-0.2, 0) is 15.4 Å². The monoisotopic (exact) mass is 437 g/mol. The average molecular weight is 438 g/mol. The van der Waals surface area contributed by atoms with Crippen molar-refractivity contribution in [1.82, 2.24) is 4.72 Å². The molecule has 0 heterocycles. The van der Waals surface area contributed by atoms with E-state index in [-0.39, 0.29) is 5.41 Å². The number of hydrogen-bond donors (Lipinski definition) is 1. The van der Waals surface area contributed by atoms with Crippen molar-refractivity contribution in [2.45, 2.75) is 128 Å². The Morgan fingerprint density at radius 2 is 1.07 bits per heavy atom. The normalized spacial score (nSPS) is 12.4. The molecule has 0 spiro atoms. The van der Waals surface area contributed by atoms with Crippen molar-refractivity contribution >= 4 is 10.0 Å². The quantitative estimate of drug-likeness (QED) is 0.253. The lowest BCUT2D eigenvalue weighted by atomic mass is 9.87. The van der Waals surface area contributed by atoms with Crippen molar-refractivity contribution in [1.29, 1.82) is 0 Å². The van der Waals surface area contributed by atoms with Crippen LogP contribution >= 0.6 is 0 Å². The summed E-state index contributed by atoms with van der Waals surface area (Å²) in [5, 5.41) is 0. The second kappa shape index (κ2) is 15.0. The van der Waals surface area contributed by atoms with Gasteiger partial charge in [-0.2, -0.15) is 0 Å². The number of unbranched alkanes of at least 4 members (excludes halogenated alkanes) is 13. The van der Waals surface area contributed by atoms with Crippen LogP contribution in [0.5, 0.6) is 0 Å². The Hall–Kier alpha value is -0.870. The third-order valence-electron chi connectivity index (χ3n) is 5.85. The van der Waals surface area contributed by atoms with Gasteiger partial charge in [0.05, 0.1) is 4.90 Å². The first-order chi connectivity index (χ1) is 14.3. The van der Waals surface area contributed by atoms with Crippen molar-refractivity contribution in [2.24, 2.45) is 0 Å². The molecule has 0 fully saturated rings. The smallest absolute Gasteiger partial charge is 0.211 e. The second-order valence-corrected chi connectivity index (χ2v) is 11.5. The van der Waals surface area contributed by atoms with Crippen molar-refractivity contribution < 1.29 is 8.42 Å². The van der Waals surface area contributed by atoms with E-state index in [1.54, 1.807) is 12.1 Å². The van der Waals surface area contributed by atoms with Gasteiger partial charge in [-0.3, -0.25) is 0 Å². The van der Waals surface area contributed by atoms with Crippen LogP contribution in [0, 0.1) is 0 Å². The molecule has 0 saturated carbocycles. The van der Waals surface area contributed by atoms with E-state index in [1.807, 2.05) is 12.1 Å². The Bertz CT molecular complexity index is 645. The molecule has 0 saturated heterocycles. The molecular weight excluding hydrogens is 390 g/mol. The molecule has 0 bridgehead atoms. The third kappa shape index (κ3) is 12.1. The molecule has 0 aliphatic carbocycles. The van der Waals surface area contributed by atoms with Gasteiger partial charge in [0.15, 0.2) is 0 Å². The summed E-state index contributed by atoms with van der Waals surface area (Å²) in [4.78, 5) is 0.362. The molecule has 0 aromatic heterocycles. The maximum Gasteiger partial charge on any atom is 0.240 e. The summed E-state index contributed by atoms with van der Waals surface area (Å²) in [5.74, 6) is 0. The van der Waals surface area contributed by atoms with E-state index in [9.17, 15) is 8.42 Å². The standard InChI is InChI=1S/C26H47NO2S/c1-5-6-7-8-9-10-11-12-13-14-15-16-17-18-23-27-30(28,29)25-21-19-24(20-22-25)26(2,3)4/h19-22,27H,5-18,23H2,1-4H3. The van der Waals surface area contributed by atoms with Gasteiger partial charge >= 0.3 is 0 Å². The summed E-state index contributed by atoms with van der Waals surface area (Å²) in [6, 6.07) is 7.27. The van der Waals surface area contributed by atoms with Gasteiger partial charge in [0.1, 0.15) is 0 Å². The molecule has 30 heavy (non-hydrogen) atoms. The minimum atomic E-state index is -3.39. The molecule has 0 aliphatic rings. The summed E-state index contributed by atoms with van der Waals surface area (Å²) in [6.07, 6.45) is 18.3. The SMILES string of the molecule is CCCCCCCCCCCCCCCCNS(=O)(=O)c1ccc(C(C)(C)C)cc1. The van der Waals surface area contributed by atoms with Gasteiger partial charge in [-0.1, -0.05) is 123 Å². The van der Waals surface area contributed by atoms with Crippen LogP contribution in [0.4, 0.5) is 0 Å². The van der Waals surface area contributed by atoms with Gasteiger partial charge in [0.2, 0.25) is 10.0 Å². The van der Waals surface area contributed by atoms with E-state index in [1.165, 1.54) is 77.0 Å². The Morgan fingerprint density at radius 3 is 1.47 bits per heavy atom. The highest BCUT2D eigenvalue weighted by molar-refractivity contribution is 7.89. The minimum absolute atomic E-state index is 0.0317. The third-order valence-corrected chi connectivity index (χ3v) is 7.33. The molecule has 0 radical (unpaired) electrons. The van der Waals surface area contributed by atoms with E-state index in [0.717, 1.165) is 18.4 Å². The summed E-state index contributed by atoms with van der Waals surface area (Å²) in [5.41, 5.74) is 1.18. The van der Waals surface area contributed by atoms with Gasteiger partial charge in [-0.25, -0.2) is 13.1 Å². The molecule has 3 nitrogen and oxygen atoms in total. The summed E-state index contributed by atoms with van der Waals surface area (Å²) >= 11 is 0. The highest BCUT2D eigenvalue weighted by atomic mass is 32.2. The van der Waals surface area contributed by atoms with Crippen LogP contribution in [0.25, 0.3) is 0 Å². The zero-order valence-corrected chi connectivity index (χ0v) is 21.0. The van der Waals surface area contributed by atoms with E-state index in [4.69, 9.17) is 0 Å². The highest BCUT2D eigenvalue weighted by Gasteiger charge is 2.17. The maximum absolute atomic E-state index is 12.4. The van der Waals surface area contributed by atoms with E-state index in [0.29, 0.717) is 11.4 Å². The largest absolute Gasteiger partial charge is 0.240 e. The molecular formula is C26H47NO2S. The number of sulfonamides is 1. The number of hydrogen-bond acceptors (Lipinski definition) is 2. The summed E-state index contributed by atoms with van der Waals surface area (Å²) in [7, 11) is -3.39. The van der Waals surface area contributed by atoms with Gasteiger partial charge in [0.25, 0.3) is 0 Å². The van der Waals surface area contributed by atoms with Crippen LogP contribution in [0.2, 0.25) is 0 Å². The zero-order chi connectivity index (χ0) is 22.3. The molecule has 0 amide bonds. The van der Waals surface area contributed by atoms with Gasteiger partial charge in [-0.05, 0) is 29.5 Å². The van der Waals surface area contributed by atoms with Crippen molar-refractivity contribution in [2.75, 3.05) is 6.54 Å². The van der Waals surface area contributed by atoms with E-state index < -0.39 is 10.0 Å². The van der Waals surface area contributed by atoms with Gasteiger partial charge in [-0.15, -0.1) is 0 Å². The Balaban J connectivity index is 2.03. The van der Waals surface area contributed by atoms with Crippen LogP contribution in [-0.4, -0.2) is 15.0 Å². The number of rotatable bonds is 17. The lowest BCUT2D eigenvalue weighted by Crippen LogP contribution is -2.25. The molecule has 1 N–H and O–H groups in total. The minimum Gasteiger partial charge on any atom is -0.211 e. The maximum atomic E-state index is 12.4. The van der Waals surface area contributed by atoms with Crippen LogP contribution < -0.4 is 4.72 Å². The van der Waals surface area contributed by atoms with Crippen LogP contribution in [0.3, 0.4) is 0 Å². The predicted molar refractivity (Wildman–Crippen MR) is 131 cm³/mol. The lowest BCUT2D eigenvalue weighted by Gasteiger charge is -2.19. The second-order valence-electron chi connectivity index (χ2n) is 9.77. The lowest BCUT2D eigenvalue weighted by molar-refractivity contribution is 0.533. The fourth-order valence-corrected chi connectivity index (χ4v) is 4.82. The Kier molecular flexibility index (Phi) is 13.6. The topological polar surface area (TPSA) is 46.2 Å². The first-order valence-corrected chi connectivity index (χ1v) is 13.9. The molecule has 1 aromatic rings. The zero-order valence-electron chi connectivity index (χ0n) is 20.1. The van der Waals surface area contributed by atoms with Crippen molar-refractivity contribution in [3.63, 3.8) is 0 Å². The van der Waals surface area contributed by atoms with Crippen molar-refractivity contribution in [3.8, 4) is 0 Å². The molecule has 0 unspecified atom stereocenters. The Labute approximate surface area is 187 Å². The van der Waals surface area contributed by atoms with E-state index in [2.05, 4.69) is 32.4 Å². The van der Waals surface area contributed by atoms with Crippen LogP contribution in [0.15, 0.2) is 29.2 Å². The van der Waals surface area contributed by atoms with Gasteiger partial charge in [0, 0.05) is 6.54 Å². The van der Waals surface area contributed by atoms with Crippen molar-refractivity contribution in [3.05, 3.63) is 29.8 Å². The number of nitrogens with one attached hydrogen (secondary N) is 1. The summed E-state index contributed by atoms with van der Waals surface area (Å²) in [6.45, 7) is 9.19. The van der Waals surface area contributed by atoms with Crippen LogP contribution in [0.1, 0.15) is 123 Å². The average Bonchev–Trinajstić information content (AvgIpc) is 2.70. The molecule has 0 aliphatic heterocycles. The molecule has 174 valence electrons. The first kappa shape index (κ1) is 27.2. The first-order valence-electron chi connectivity index (χ1n) is 12.4. The highest BCUT2D eigenvalue weighted by Crippen LogP contribution is 2.23. The number of benzene rings is 1. The molecule has 1 rings (SSSR count). The molecule has 1 aromatic carbocycles. The fourth-order valence-electron chi connectivity index (χ4n) is 3.74. The summed E-state index contributed by atoms with van der Waals surface area (Å²) < 4.78 is 27.6.